The molecule has 3 N–H and O–H groups in total. The van der Waals surface area contributed by atoms with E-state index in [-0.39, 0.29) is 103 Å². The monoisotopic (exact) mass is 956 g/mol. The third-order valence-corrected chi connectivity index (χ3v) is 13.5. The molecule has 0 atom stereocenters. The fourth-order valence-corrected chi connectivity index (χ4v) is 9.73. The molecule has 0 aliphatic carbocycles. The molecule has 9 rings (SSSR count). The van der Waals surface area contributed by atoms with Gasteiger partial charge < -0.3 is 47.2 Å². The largest absolute Gasteiger partial charge is 1.00 e. The van der Waals surface area contributed by atoms with E-state index in [2.05, 4.69) is 121 Å². The van der Waals surface area contributed by atoms with E-state index in [9.17, 15) is 19.8 Å². The number of benzene rings is 2. The number of nitrogens with one attached hydrogen (secondary N) is 3. The van der Waals surface area contributed by atoms with E-state index in [0.29, 0.717) is 22.8 Å². The minimum atomic E-state index is -1.15. The predicted octanol–water partition coefficient (Wildman–Crippen LogP) is 1.35. The van der Waals surface area contributed by atoms with Gasteiger partial charge in [0.1, 0.15) is 7.05 Å². The van der Waals surface area contributed by atoms with Crippen LogP contribution < -0.4 is 81.7 Å². The zero-order valence-corrected chi connectivity index (χ0v) is 46.1. The van der Waals surface area contributed by atoms with Crippen LogP contribution >= 0.6 is 0 Å². The van der Waals surface area contributed by atoms with Crippen molar-refractivity contribution in [3.05, 3.63) is 154 Å². The van der Waals surface area contributed by atoms with Crippen LogP contribution in [0.1, 0.15) is 115 Å². The van der Waals surface area contributed by atoms with Gasteiger partial charge in [-0.3, -0.25) is 0 Å². The van der Waals surface area contributed by atoms with Crippen LogP contribution in [0, 0.1) is 20.8 Å². The number of fused-ring (bicyclic) bond motifs is 10. The summed E-state index contributed by atoms with van der Waals surface area (Å²) in [6.07, 6.45) is 8.33. The van der Waals surface area contributed by atoms with E-state index in [1.165, 1.54) is 39.1 Å². The molecule has 0 saturated heterocycles. The number of para-hydroxylation sites is 2. The standard InChI is InChI=1S/C34H34N4O4.C22H22N2.ClH.2Na/c1-7-21-17(3)25-13-26-19(5)23(9-11-33(39)40)31(37-26)16-32-24(10-12-34(41)42)20(6)28(38-32)15-30-22(8-2)18(4)27(36-30)14-29(21)35-25;1-15-16(17-9-5-7-11-19(17)23-15)13-14-21-22(2,3)18-10-6-8-12-20(18)24(21)4;;;/h7-8,13-16,35-36H,1-2,9-12H2,3-6H3,(H,39,40)(H,41,42);5-14H,1-4H3;1H;;/q;;;2*+1/p-2. The summed E-state index contributed by atoms with van der Waals surface area (Å²) in [5.41, 5.74) is 21.0. The van der Waals surface area contributed by atoms with Gasteiger partial charge in [-0.1, -0.05) is 61.7 Å². The third kappa shape index (κ3) is 10.6. The van der Waals surface area contributed by atoms with Crippen molar-refractivity contribution in [3.8, 4) is 0 Å². The molecule has 69 heavy (non-hydrogen) atoms. The molecule has 0 spiro atoms. The molecule has 342 valence electrons. The number of carboxylic acids is 2. The minimum Gasteiger partial charge on any atom is -1.00 e. The van der Waals surface area contributed by atoms with Gasteiger partial charge in [-0.25, -0.2) is 9.97 Å². The summed E-state index contributed by atoms with van der Waals surface area (Å²) in [5.74, 6) is -2.29. The Morgan fingerprint density at radius 3 is 1.67 bits per heavy atom. The molecule has 3 aliphatic rings. The maximum absolute atomic E-state index is 11.4. The van der Waals surface area contributed by atoms with Gasteiger partial charge in [0.15, 0.2) is 5.71 Å². The van der Waals surface area contributed by atoms with Crippen molar-refractivity contribution in [2.75, 3.05) is 7.05 Å². The van der Waals surface area contributed by atoms with Gasteiger partial charge in [0.25, 0.3) is 0 Å². The van der Waals surface area contributed by atoms with Crippen LogP contribution in [-0.2, 0) is 15.0 Å². The second-order valence-electron chi connectivity index (χ2n) is 17.8. The van der Waals surface area contributed by atoms with Gasteiger partial charge in [0.05, 0.1) is 28.2 Å². The average molecular weight is 958 g/mol. The van der Waals surface area contributed by atoms with E-state index in [0.717, 1.165) is 66.6 Å². The number of H-pyrrole nitrogens is 3. The molecular formula is C56H55ClN6Na2O4. The van der Waals surface area contributed by atoms with Gasteiger partial charge >= 0.3 is 59.1 Å². The fourth-order valence-electron chi connectivity index (χ4n) is 9.73. The summed E-state index contributed by atoms with van der Waals surface area (Å²) >= 11 is 0. The van der Waals surface area contributed by atoms with Crippen LogP contribution in [0.4, 0.5) is 5.69 Å². The Morgan fingerprint density at radius 1 is 0.638 bits per heavy atom. The first-order valence-corrected chi connectivity index (χ1v) is 22.3. The van der Waals surface area contributed by atoms with E-state index in [1.54, 1.807) is 6.08 Å². The topological polar surface area (TPSA) is 156 Å². The van der Waals surface area contributed by atoms with E-state index < -0.39 is 11.9 Å². The molecule has 13 heteroatoms. The summed E-state index contributed by atoms with van der Waals surface area (Å²) in [6.45, 7) is 22.7. The molecule has 0 unspecified atom stereocenters. The van der Waals surface area contributed by atoms with Crippen molar-refractivity contribution in [1.29, 1.82) is 0 Å². The summed E-state index contributed by atoms with van der Waals surface area (Å²) < 4.78 is 2.32. The Hall–Kier alpha value is -5.30. The van der Waals surface area contributed by atoms with Gasteiger partial charge in [0.2, 0.25) is 5.69 Å². The number of carbonyl (C=O) groups excluding carboxylic acids is 2. The normalized spacial score (nSPS) is 13.6. The van der Waals surface area contributed by atoms with E-state index in [4.69, 9.17) is 9.97 Å². The molecule has 0 amide bonds. The number of aromatic amines is 3. The molecule has 2 aromatic carbocycles. The molecule has 0 saturated carbocycles. The van der Waals surface area contributed by atoms with Crippen molar-refractivity contribution in [1.82, 2.24) is 24.9 Å². The molecule has 6 aromatic rings. The first-order chi connectivity index (χ1) is 31.5. The first kappa shape index (κ1) is 54.6. The number of hydrogen-bond acceptors (Lipinski definition) is 6. The number of aromatic nitrogens is 5. The number of rotatable bonds is 10. The predicted molar refractivity (Wildman–Crippen MR) is 267 cm³/mol. The number of carboxylic acid groups (broad SMARTS) is 2. The number of hydrogen-bond donors (Lipinski definition) is 3. The number of aliphatic carboxylic acids is 2. The number of allylic oxidation sites excluding steroid dienone is 5. The Kier molecular flexibility index (Phi) is 17.6. The van der Waals surface area contributed by atoms with Crippen LogP contribution in [0.2, 0.25) is 0 Å². The zero-order chi connectivity index (χ0) is 47.2. The van der Waals surface area contributed by atoms with Crippen LogP contribution in [0.15, 0.2) is 92.0 Å². The third-order valence-electron chi connectivity index (χ3n) is 13.5. The molecule has 0 fully saturated rings. The molecule has 0 radical (unpaired) electrons. The van der Waals surface area contributed by atoms with Crippen LogP contribution in [0.3, 0.4) is 0 Å². The Bertz CT molecular complexity index is 3360. The summed E-state index contributed by atoms with van der Waals surface area (Å²) in [4.78, 5) is 43.2. The van der Waals surface area contributed by atoms with Gasteiger partial charge in [-0.15, -0.1) is 0 Å². The van der Waals surface area contributed by atoms with Gasteiger partial charge in [0, 0.05) is 85.0 Å². The van der Waals surface area contributed by atoms with Crippen molar-refractivity contribution in [2.24, 2.45) is 0 Å². The summed E-state index contributed by atoms with van der Waals surface area (Å²) in [6, 6.07) is 25.0. The smallest absolute Gasteiger partial charge is 1.00 e. The number of aryl methyl sites for hydroxylation is 3. The molecular weight excluding hydrogens is 902 g/mol. The van der Waals surface area contributed by atoms with Crippen LogP contribution in [0.5, 0.6) is 0 Å². The van der Waals surface area contributed by atoms with Crippen molar-refractivity contribution in [3.63, 3.8) is 0 Å². The zero-order valence-electron chi connectivity index (χ0n) is 41.3. The Balaban J connectivity index is 0.000000280. The van der Waals surface area contributed by atoms with Crippen LogP contribution in [0.25, 0.3) is 73.5 Å². The van der Waals surface area contributed by atoms with Crippen molar-refractivity contribution >= 4 is 96.8 Å². The average Bonchev–Trinajstić information content (AvgIpc) is 4.06. The number of nitrogens with zero attached hydrogens (tertiary/aromatic N) is 3. The second kappa shape index (κ2) is 22.2. The van der Waals surface area contributed by atoms with Crippen LogP contribution in [-0.4, -0.2) is 54.2 Å². The number of halogens is 1. The molecule has 7 heterocycles. The summed E-state index contributed by atoms with van der Waals surface area (Å²) in [5, 5.41) is 24.1. The Morgan fingerprint density at radius 2 is 1.13 bits per heavy atom. The van der Waals surface area contributed by atoms with E-state index in [1.807, 2.05) is 58.0 Å². The first-order valence-electron chi connectivity index (χ1n) is 22.3. The molecule has 3 aliphatic heterocycles. The summed E-state index contributed by atoms with van der Waals surface area (Å²) in [7, 11) is 2.16. The second-order valence-corrected chi connectivity index (χ2v) is 17.8. The SMILES string of the molecule is C=Cc1c(C)c2cc3[nH]c(cc4nc(cc5nc(cc1[nH]2)C(C)=C5CCC(=O)[O-])C(CCC(=O)[O-])=C4C)c(C)c3C=C.Cc1[nH]c2ccccc2c1/C=C\C1=[N+](C)c2ccccc2C1(C)C.[Cl-].[Na+].[Na+]. The quantitative estimate of drug-likeness (QED) is 0.139. The molecule has 10 nitrogen and oxygen atoms in total. The molecule has 8 bridgehead atoms. The number of carbonyl (C=O) groups is 2. The maximum atomic E-state index is 11.4. The molecule has 4 aromatic heterocycles. The Labute approximate surface area is 454 Å². The fraction of sp³-hybridized carbons (Fsp3) is 0.232. The minimum absolute atomic E-state index is 0. The van der Waals surface area contributed by atoms with Crippen molar-refractivity contribution < 1.29 is 95.9 Å². The van der Waals surface area contributed by atoms with Gasteiger partial charge in [-0.2, -0.15) is 4.58 Å². The van der Waals surface area contributed by atoms with E-state index >= 15 is 0 Å². The maximum Gasteiger partial charge on any atom is 1.00 e. The van der Waals surface area contributed by atoms with Crippen molar-refractivity contribution in [2.45, 2.75) is 79.6 Å². The van der Waals surface area contributed by atoms with Gasteiger partial charge in [-0.05, 0) is 144 Å².